The zero-order valence-corrected chi connectivity index (χ0v) is 20.7. The second-order valence-electron chi connectivity index (χ2n) is 8.58. The van der Waals surface area contributed by atoms with Gasteiger partial charge >= 0.3 is 0 Å². The largest absolute Gasteiger partial charge is 0.353 e. The van der Waals surface area contributed by atoms with Crippen LogP contribution in [-0.4, -0.2) is 61.9 Å². The number of hydrogen-bond acceptors (Lipinski definition) is 9. The van der Waals surface area contributed by atoms with Crippen molar-refractivity contribution < 1.29 is 9.59 Å². The van der Waals surface area contributed by atoms with Crippen molar-refractivity contribution in [1.82, 2.24) is 35.3 Å². The molecule has 184 valence electrons. The van der Waals surface area contributed by atoms with Crippen LogP contribution in [0.1, 0.15) is 39.1 Å². The number of carbonyl (C=O) groups excluding carboxylic acids is 2. The Balaban J connectivity index is 1.15. The van der Waals surface area contributed by atoms with E-state index >= 15 is 0 Å². The van der Waals surface area contributed by atoms with Crippen LogP contribution in [0, 0.1) is 6.92 Å². The normalized spacial score (nSPS) is 15.2. The molecule has 0 radical (unpaired) electrons. The molecular formula is C24H25N9O2S. The Morgan fingerprint density at radius 2 is 2.03 bits per heavy atom. The third-order valence-corrected chi connectivity index (χ3v) is 6.93. The summed E-state index contributed by atoms with van der Waals surface area (Å²) in [5.74, 6) is 0.135. The summed E-state index contributed by atoms with van der Waals surface area (Å²) in [6, 6.07) is 11.7. The summed E-state index contributed by atoms with van der Waals surface area (Å²) in [4.78, 5) is 30.7. The van der Waals surface area contributed by atoms with E-state index in [0.717, 1.165) is 35.0 Å². The third-order valence-electron chi connectivity index (χ3n) is 5.94. The fourth-order valence-electron chi connectivity index (χ4n) is 4.08. The quantitative estimate of drug-likeness (QED) is 0.393. The van der Waals surface area contributed by atoms with Gasteiger partial charge in [-0.3, -0.25) is 9.59 Å². The van der Waals surface area contributed by atoms with Crippen molar-refractivity contribution in [2.45, 2.75) is 25.7 Å². The zero-order valence-electron chi connectivity index (χ0n) is 19.9. The number of imidazole rings is 1. The summed E-state index contributed by atoms with van der Waals surface area (Å²) < 4.78 is 1.90. The van der Waals surface area contributed by atoms with Gasteiger partial charge in [-0.25, -0.2) is 4.98 Å². The SMILES string of the molecule is CNC(=O)c1nnc(N2CCC(c3ccc(NC(=O)Cc4cn(-c5cccc(C)c5)cn4)nn3)C2)s1. The van der Waals surface area contributed by atoms with E-state index in [1.165, 1.54) is 11.3 Å². The third kappa shape index (κ3) is 5.23. The van der Waals surface area contributed by atoms with Crippen molar-refractivity contribution in [3.8, 4) is 5.69 Å². The van der Waals surface area contributed by atoms with Gasteiger partial charge in [0.25, 0.3) is 5.91 Å². The summed E-state index contributed by atoms with van der Waals surface area (Å²) in [7, 11) is 1.57. The van der Waals surface area contributed by atoms with Crippen LogP contribution in [0.15, 0.2) is 48.9 Å². The zero-order chi connectivity index (χ0) is 25.1. The minimum Gasteiger partial charge on any atom is -0.353 e. The van der Waals surface area contributed by atoms with Gasteiger partial charge in [-0.1, -0.05) is 23.5 Å². The average Bonchev–Trinajstić information content (AvgIpc) is 3.64. The molecule has 1 fully saturated rings. The van der Waals surface area contributed by atoms with E-state index in [1.54, 1.807) is 19.4 Å². The molecular weight excluding hydrogens is 478 g/mol. The second kappa shape index (κ2) is 10.2. The second-order valence-corrected chi connectivity index (χ2v) is 9.54. The molecule has 0 aliphatic carbocycles. The van der Waals surface area contributed by atoms with E-state index < -0.39 is 0 Å². The maximum absolute atomic E-state index is 12.5. The number of aryl methyl sites for hydroxylation is 1. The molecule has 2 amide bonds. The average molecular weight is 504 g/mol. The van der Waals surface area contributed by atoms with E-state index in [1.807, 2.05) is 42.0 Å². The van der Waals surface area contributed by atoms with Crippen LogP contribution in [0.4, 0.5) is 10.9 Å². The first-order valence-electron chi connectivity index (χ1n) is 11.5. The number of nitrogens with zero attached hydrogens (tertiary/aromatic N) is 7. The highest BCUT2D eigenvalue weighted by Gasteiger charge is 2.28. The van der Waals surface area contributed by atoms with Crippen molar-refractivity contribution in [3.63, 3.8) is 0 Å². The molecule has 4 aromatic rings. The molecule has 3 aromatic heterocycles. The Bertz CT molecular complexity index is 1380. The van der Waals surface area contributed by atoms with Crippen LogP contribution in [0.2, 0.25) is 0 Å². The first-order valence-corrected chi connectivity index (χ1v) is 12.3. The highest BCUT2D eigenvalue weighted by Crippen LogP contribution is 2.31. The number of benzene rings is 1. The van der Waals surface area contributed by atoms with Crippen molar-refractivity contribution in [1.29, 1.82) is 0 Å². The minimum atomic E-state index is -0.238. The van der Waals surface area contributed by atoms with E-state index in [0.29, 0.717) is 23.1 Å². The van der Waals surface area contributed by atoms with Crippen LogP contribution in [-0.2, 0) is 11.2 Å². The predicted molar refractivity (Wildman–Crippen MR) is 136 cm³/mol. The Kier molecular flexibility index (Phi) is 6.67. The van der Waals surface area contributed by atoms with Gasteiger partial charge in [-0.2, -0.15) is 5.10 Å². The van der Waals surface area contributed by atoms with E-state index in [2.05, 4.69) is 47.0 Å². The summed E-state index contributed by atoms with van der Waals surface area (Å²) in [5, 5.41) is 23.1. The number of rotatable bonds is 7. The molecule has 11 nitrogen and oxygen atoms in total. The Morgan fingerprint density at radius 1 is 1.14 bits per heavy atom. The molecule has 5 rings (SSSR count). The summed E-state index contributed by atoms with van der Waals surface area (Å²) in [5.41, 5.74) is 3.67. The van der Waals surface area contributed by atoms with E-state index in [-0.39, 0.29) is 24.2 Å². The molecule has 1 unspecified atom stereocenters. The van der Waals surface area contributed by atoms with Crippen LogP contribution in [0.25, 0.3) is 5.69 Å². The van der Waals surface area contributed by atoms with Gasteiger partial charge in [-0.15, -0.1) is 15.3 Å². The number of amides is 2. The monoisotopic (exact) mass is 503 g/mol. The van der Waals surface area contributed by atoms with Crippen LogP contribution in [0.3, 0.4) is 0 Å². The number of nitrogens with one attached hydrogen (secondary N) is 2. The maximum Gasteiger partial charge on any atom is 0.282 e. The number of anilines is 2. The standard InChI is InChI=1S/C24H25N9O2S/c1-15-4-3-5-18(10-15)33-13-17(26-14-33)11-21(34)27-20-7-6-19(28-29-20)16-8-9-32(12-16)24-31-30-23(36-24)22(35)25-2/h3-7,10,13-14,16H,8-9,11-12H2,1-2H3,(H,25,35)(H,27,29,34). The van der Waals surface area contributed by atoms with Crippen molar-refractivity contribution in [2.24, 2.45) is 0 Å². The maximum atomic E-state index is 12.5. The first kappa shape index (κ1) is 23.5. The Hall–Kier alpha value is -4.19. The van der Waals surface area contributed by atoms with Gasteiger partial charge in [0.15, 0.2) is 5.82 Å². The van der Waals surface area contributed by atoms with Crippen LogP contribution >= 0.6 is 11.3 Å². The van der Waals surface area contributed by atoms with Gasteiger partial charge in [0, 0.05) is 37.9 Å². The fraction of sp³-hybridized carbons (Fsp3) is 0.292. The Morgan fingerprint density at radius 3 is 2.81 bits per heavy atom. The van der Waals surface area contributed by atoms with Gasteiger partial charge < -0.3 is 20.1 Å². The topological polar surface area (TPSA) is 131 Å². The lowest BCUT2D eigenvalue weighted by atomic mass is 10.1. The fourth-order valence-corrected chi connectivity index (χ4v) is 4.91. The van der Waals surface area contributed by atoms with Crippen molar-refractivity contribution >= 4 is 34.1 Å². The van der Waals surface area contributed by atoms with Gasteiger partial charge in [-0.05, 0) is 43.2 Å². The molecule has 12 heteroatoms. The molecule has 2 N–H and O–H groups in total. The van der Waals surface area contributed by atoms with Crippen molar-refractivity contribution in [3.05, 3.63) is 70.9 Å². The molecule has 36 heavy (non-hydrogen) atoms. The first-order chi connectivity index (χ1) is 17.5. The molecule has 4 heterocycles. The highest BCUT2D eigenvalue weighted by molar-refractivity contribution is 7.17. The highest BCUT2D eigenvalue weighted by atomic mass is 32.1. The lowest BCUT2D eigenvalue weighted by Crippen LogP contribution is -2.19. The smallest absolute Gasteiger partial charge is 0.282 e. The number of aromatic nitrogens is 6. The molecule has 1 aliphatic heterocycles. The number of hydrogen-bond donors (Lipinski definition) is 2. The van der Waals surface area contributed by atoms with Gasteiger partial charge in [0.1, 0.15) is 0 Å². The van der Waals surface area contributed by atoms with Gasteiger partial charge in [0.05, 0.1) is 24.1 Å². The molecule has 0 saturated carbocycles. The molecule has 0 bridgehead atoms. The lowest BCUT2D eigenvalue weighted by Gasteiger charge is -2.13. The molecule has 1 aromatic carbocycles. The minimum absolute atomic E-state index is 0.139. The predicted octanol–water partition coefficient (Wildman–Crippen LogP) is 2.36. The Labute approximate surface area is 211 Å². The van der Waals surface area contributed by atoms with Crippen LogP contribution < -0.4 is 15.5 Å². The number of carbonyl (C=O) groups is 2. The molecule has 1 aliphatic rings. The summed E-state index contributed by atoms with van der Waals surface area (Å²) in [6.07, 6.45) is 4.58. The van der Waals surface area contributed by atoms with Gasteiger partial charge in [0.2, 0.25) is 16.0 Å². The molecule has 0 spiro atoms. The molecule has 1 atom stereocenters. The van der Waals surface area contributed by atoms with E-state index in [4.69, 9.17) is 0 Å². The van der Waals surface area contributed by atoms with E-state index in [9.17, 15) is 9.59 Å². The van der Waals surface area contributed by atoms with Crippen LogP contribution in [0.5, 0.6) is 0 Å². The summed E-state index contributed by atoms with van der Waals surface area (Å²) in [6.45, 7) is 3.54. The van der Waals surface area contributed by atoms with Crippen molar-refractivity contribution in [2.75, 3.05) is 30.4 Å². The molecule has 1 saturated heterocycles. The lowest BCUT2D eigenvalue weighted by molar-refractivity contribution is -0.115. The summed E-state index contributed by atoms with van der Waals surface area (Å²) >= 11 is 1.27.